The van der Waals surface area contributed by atoms with Crippen molar-refractivity contribution in [1.82, 2.24) is 0 Å². The Kier molecular flexibility index (Phi) is 5.84. The molecule has 1 nitrogen and oxygen atoms in total. The maximum Gasteiger partial charge on any atom is 0.0517 e. The van der Waals surface area contributed by atoms with Crippen LogP contribution in [-0.4, -0.2) is 11.6 Å². The van der Waals surface area contributed by atoms with Gasteiger partial charge in [-0.3, -0.25) is 0 Å². The number of fused-ring (bicyclic) bond motifs is 3. The van der Waals surface area contributed by atoms with E-state index in [9.17, 15) is 0 Å². The lowest BCUT2D eigenvalue weighted by Gasteiger charge is -2.51. The predicted molar refractivity (Wildman–Crippen MR) is 157 cm³/mol. The lowest BCUT2D eigenvalue weighted by molar-refractivity contribution is 0.270. The molecule has 3 aliphatic carbocycles. The summed E-state index contributed by atoms with van der Waals surface area (Å²) in [6, 6.07) is 29.3. The molecule has 0 fully saturated rings. The third-order valence-corrected chi connectivity index (χ3v) is 9.37. The Morgan fingerprint density at radius 3 is 2.22 bits per heavy atom. The van der Waals surface area contributed by atoms with Crippen molar-refractivity contribution < 1.29 is 0 Å². The number of benzene rings is 3. The van der Waals surface area contributed by atoms with E-state index in [1.165, 1.54) is 32.4 Å². The zero-order chi connectivity index (χ0) is 24.9. The fourth-order valence-corrected chi connectivity index (χ4v) is 7.19. The van der Waals surface area contributed by atoms with Gasteiger partial charge in [0.05, 0.1) is 6.04 Å². The highest BCUT2D eigenvalue weighted by Gasteiger charge is 2.50. The van der Waals surface area contributed by atoms with Gasteiger partial charge in [0.2, 0.25) is 0 Å². The van der Waals surface area contributed by atoms with Crippen LogP contribution in [0, 0.1) is 5.92 Å². The zero-order valence-corrected chi connectivity index (χ0v) is 23.0. The van der Waals surface area contributed by atoms with Crippen LogP contribution in [0.5, 0.6) is 0 Å². The summed E-state index contributed by atoms with van der Waals surface area (Å²) in [5.41, 5.74) is 8.54. The fourth-order valence-electron chi connectivity index (χ4n) is 6.85. The summed E-state index contributed by atoms with van der Waals surface area (Å²) < 4.78 is 1.18. The fraction of sp³-hybridized carbons (Fsp3) is 0.294. The van der Waals surface area contributed by atoms with Gasteiger partial charge >= 0.3 is 0 Å². The second-order valence-electron chi connectivity index (χ2n) is 11.4. The summed E-state index contributed by atoms with van der Waals surface area (Å²) in [7, 11) is 0. The van der Waals surface area contributed by atoms with Crippen molar-refractivity contribution in [2.45, 2.75) is 57.0 Å². The molecule has 0 spiro atoms. The molecule has 0 saturated carbocycles. The van der Waals surface area contributed by atoms with E-state index in [1.807, 2.05) is 0 Å². The van der Waals surface area contributed by atoms with E-state index in [1.54, 1.807) is 5.57 Å². The average molecular weight is 537 g/mol. The van der Waals surface area contributed by atoms with Crippen LogP contribution in [0.4, 0.5) is 5.69 Å². The standard InChI is InChI=1S/C34H34BrN/c1-33(2)31-12-8-7-11-29(31)30-21-22-34(3,23-32(30)33)36(28-19-15-26(35)16-20-28)27-17-13-25(14-18-27)24-9-5-4-6-10-24/h4-19,21,28,32H,20,22-23H2,1-3H3. The zero-order valence-electron chi connectivity index (χ0n) is 21.4. The van der Waals surface area contributed by atoms with Crippen molar-refractivity contribution in [2.75, 3.05) is 4.90 Å². The molecule has 2 heteroatoms. The van der Waals surface area contributed by atoms with Crippen LogP contribution in [0.15, 0.2) is 108 Å². The van der Waals surface area contributed by atoms with Crippen molar-refractivity contribution in [3.05, 3.63) is 119 Å². The van der Waals surface area contributed by atoms with Gasteiger partial charge in [0.25, 0.3) is 0 Å². The number of hydrogen-bond donors (Lipinski definition) is 0. The van der Waals surface area contributed by atoms with Gasteiger partial charge in [-0.05, 0) is 77.5 Å². The summed E-state index contributed by atoms with van der Waals surface area (Å²) in [5, 5.41) is 0. The van der Waals surface area contributed by atoms with Crippen LogP contribution in [0.1, 0.15) is 51.2 Å². The molecule has 0 heterocycles. The maximum atomic E-state index is 3.68. The predicted octanol–water partition coefficient (Wildman–Crippen LogP) is 9.31. The van der Waals surface area contributed by atoms with E-state index in [-0.39, 0.29) is 11.0 Å². The summed E-state index contributed by atoms with van der Waals surface area (Å²) >= 11 is 3.68. The largest absolute Gasteiger partial charge is 0.359 e. The molecule has 3 aromatic rings. The SMILES string of the molecule is CC1(C)c2ccccc2C2=CCC(C)(N(c3ccc(-c4ccccc4)cc3)C3C=CC(Br)=CC3)CC21. The van der Waals surface area contributed by atoms with Crippen molar-refractivity contribution in [3.63, 3.8) is 0 Å². The summed E-state index contributed by atoms with van der Waals surface area (Å²) in [6.07, 6.45) is 12.7. The molecular weight excluding hydrogens is 502 g/mol. The Bertz CT molecular complexity index is 1360. The highest BCUT2D eigenvalue weighted by molar-refractivity contribution is 9.11. The lowest BCUT2D eigenvalue weighted by Crippen LogP contribution is -2.54. The van der Waals surface area contributed by atoms with Gasteiger partial charge in [0, 0.05) is 15.7 Å². The molecule has 3 aliphatic rings. The number of anilines is 1. The van der Waals surface area contributed by atoms with E-state index in [0.717, 1.165) is 19.3 Å². The number of allylic oxidation sites excluding steroid dienone is 3. The smallest absolute Gasteiger partial charge is 0.0517 e. The quantitative estimate of drug-likeness (QED) is 0.321. The Labute approximate surface area is 224 Å². The van der Waals surface area contributed by atoms with E-state index in [2.05, 4.69) is 145 Å². The van der Waals surface area contributed by atoms with Gasteiger partial charge in [0.1, 0.15) is 0 Å². The molecular formula is C34H34BrN. The first-order valence-electron chi connectivity index (χ1n) is 13.2. The first-order valence-corrected chi connectivity index (χ1v) is 13.9. The molecule has 36 heavy (non-hydrogen) atoms. The molecule has 3 atom stereocenters. The number of halogens is 1. The minimum Gasteiger partial charge on any atom is -0.359 e. The van der Waals surface area contributed by atoms with E-state index >= 15 is 0 Å². The van der Waals surface area contributed by atoms with Gasteiger partial charge in [-0.25, -0.2) is 0 Å². The molecule has 3 aromatic carbocycles. The molecule has 0 aromatic heterocycles. The number of nitrogens with zero attached hydrogens (tertiary/aromatic N) is 1. The van der Waals surface area contributed by atoms with Gasteiger partial charge in [-0.2, -0.15) is 0 Å². The number of hydrogen-bond acceptors (Lipinski definition) is 1. The third-order valence-electron chi connectivity index (χ3n) is 8.78. The van der Waals surface area contributed by atoms with Crippen LogP contribution in [0.3, 0.4) is 0 Å². The molecule has 0 bridgehead atoms. The van der Waals surface area contributed by atoms with Gasteiger partial charge in [0.15, 0.2) is 0 Å². The van der Waals surface area contributed by atoms with Crippen molar-refractivity contribution in [3.8, 4) is 11.1 Å². The molecule has 6 rings (SSSR count). The van der Waals surface area contributed by atoms with Gasteiger partial charge in [-0.1, -0.05) is 121 Å². The number of rotatable bonds is 4. The Morgan fingerprint density at radius 2 is 1.50 bits per heavy atom. The van der Waals surface area contributed by atoms with E-state index in [4.69, 9.17) is 0 Å². The third kappa shape index (κ3) is 3.91. The molecule has 3 unspecified atom stereocenters. The Balaban J connectivity index is 1.39. The van der Waals surface area contributed by atoms with Gasteiger partial charge in [-0.15, -0.1) is 0 Å². The Morgan fingerprint density at radius 1 is 0.806 bits per heavy atom. The van der Waals surface area contributed by atoms with Crippen LogP contribution in [0.2, 0.25) is 0 Å². The van der Waals surface area contributed by atoms with Crippen molar-refractivity contribution >= 4 is 27.2 Å². The normalized spacial score (nSPS) is 26.0. The first kappa shape index (κ1) is 23.6. The highest BCUT2D eigenvalue weighted by Crippen LogP contribution is 2.57. The van der Waals surface area contributed by atoms with Crippen molar-refractivity contribution in [2.24, 2.45) is 5.92 Å². The highest BCUT2D eigenvalue weighted by atomic mass is 79.9. The minimum atomic E-state index is 0.0222. The lowest BCUT2D eigenvalue weighted by atomic mass is 9.67. The topological polar surface area (TPSA) is 3.24 Å². The molecule has 0 radical (unpaired) electrons. The Hall–Kier alpha value is -2.84. The summed E-state index contributed by atoms with van der Waals surface area (Å²) in [6.45, 7) is 7.39. The average Bonchev–Trinajstić information content (AvgIpc) is 3.12. The molecule has 0 N–H and O–H groups in total. The summed E-state index contributed by atoms with van der Waals surface area (Å²) in [4.78, 5) is 2.72. The minimum absolute atomic E-state index is 0.0222. The van der Waals surface area contributed by atoms with E-state index in [0.29, 0.717) is 12.0 Å². The van der Waals surface area contributed by atoms with Crippen LogP contribution in [0.25, 0.3) is 16.7 Å². The monoisotopic (exact) mass is 535 g/mol. The van der Waals surface area contributed by atoms with Gasteiger partial charge < -0.3 is 4.90 Å². The van der Waals surface area contributed by atoms with Crippen LogP contribution in [-0.2, 0) is 5.41 Å². The molecule has 182 valence electrons. The van der Waals surface area contributed by atoms with Crippen LogP contribution >= 0.6 is 15.9 Å². The van der Waals surface area contributed by atoms with E-state index < -0.39 is 0 Å². The second kappa shape index (κ2) is 8.92. The second-order valence-corrected chi connectivity index (χ2v) is 12.3. The molecule has 0 saturated heterocycles. The van der Waals surface area contributed by atoms with Crippen LogP contribution < -0.4 is 4.90 Å². The molecule has 0 amide bonds. The molecule has 0 aliphatic heterocycles. The maximum absolute atomic E-state index is 3.68. The first-order chi connectivity index (χ1) is 17.4. The van der Waals surface area contributed by atoms with Crippen molar-refractivity contribution in [1.29, 1.82) is 0 Å². The summed E-state index contributed by atoms with van der Waals surface area (Å²) in [5.74, 6) is 0.523.